The lowest BCUT2D eigenvalue weighted by molar-refractivity contribution is 0.0985. The SMILES string of the molecule is Cc1nccnc1N(C)C(=O)c1nn(C(C)C)cc1Br. The van der Waals surface area contributed by atoms with Gasteiger partial charge in [-0.05, 0) is 36.7 Å². The molecule has 2 heterocycles. The molecule has 0 aliphatic heterocycles. The third-order valence-corrected chi connectivity index (χ3v) is 3.48. The van der Waals surface area contributed by atoms with Crippen molar-refractivity contribution in [2.24, 2.45) is 0 Å². The molecule has 0 saturated heterocycles. The first-order chi connectivity index (χ1) is 9.41. The quantitative estimate of drug-likeness (QED) is 0.863. The molecule has 0 N–H and O–H groups in total. The summed E-state index contributed by atoms with van der Waals surface area (Å²) in [5, 5.41) is 4.32. The number of rotatable bonds is 3. The Labute approximate surface area is 126 Å². The smallest absolute Gasteiger partial charge is 0.280 e. The number of nitrogens with zero attached hydrogens (tertiary/aromatic N) is 5. The highest BCUT2D eigenvalue weighted by Gasteiger charge is 2.22. The Morgan fingerprint density at radius 1 is 1.35 bits per heavy atom. The zero-order valence-electron chi connectivity index (χ0n) is 11.8. The maximum Gasteiger partial charge on any atom is 0.280 e. The summed E-state index contributed by atoms with van der Waals surface area (Å²) >= 11 is 3.38. The van der Waals surface area contributed by atoms with Crippen LogP contribution in [-0.4, -0.2) is 32.7 Å². The van der Waals surface area contributed by atoms with Crippen molar-refractivity contribution in [1.82, 2.24) is 19.7 Å². The van der Waals surface area contributed by atoms with Crippen LogP contribution in [-0.2, 0) is 0 Å². The summed E-state index contributed by atoms with van der Waals surface area (Å²) < 4.78 is 2.42. The molecule has 2 rings (SSSR count). The van der Waals surface area contributed by atoms with Gasteiger partial charge >= 0.3 is 0 Å². The summed E-state index contributed by atoms with van der Waals surface area (Å²) in [6, 6.07) is 0.191. The zero-order valence-corrected chi connectivity index (χ0v) is 13.4. The molecule has 0 spiro atoms. The zero-order chi connectivity index (χ0) is 14.9. The van der Waals surface area contributed by atoms with Gasteiger partial charge in [-0.1, -0.05) is 0 Å². The number of aromatic nitrogens is 4. The summed E-state index contributed by atoms with van der Waals surface area (Å²) in [6.07, 6.45) is 4.96. The highest BCUT2D eigenvalue weighted by molar-refractivity contribution is 9.10. The molecule has 2 aromatic rings. The topological polar surface area (TPSA) is 63.9 Å². The lowest BCUT2D eigenvalue weighted by atomic mass is 10.3. The molecule has 0 saturated carbocycles. The van der Waals surface area contributed by atoms with E-state index in [1.807, 2.05) is 20.8 Å². The van der Waals surface area contributed by atoms with E-state index in [1.165, 1.54) is 4.90 Å². The average molecular weight is 338 g/mol. The summed E-state index contributed by atoms with van der Waals surface area (Å²) in [5.41, 5.74) is 1.06. The van der Waals surface area contributed by atoms with Crippen LogP contribution in [0.15, 0.2) is 23.1 Å². The maximum absolute atomic E-state index is 12.5. The summed E-state index contributed by atoms with van der Waals surface area (Å²) in [6.45, 7) is 5.82. The van der Waals surface area contributed by atoms with E-state index >= 15 is 0 Å². The molecule has 0 unspecified atom stereocenters. The fraction of sp³-hybridized carbons (Fsp3) is 0.385. The summed E-state index contributed by atoms with van der Waals surface area (Å²) in [4.78, 5) is 22.3. The van der Waals surface area contributed by atoms with Crippen molar-refractivity contribution in [3.63, 3.8) is 0 Å². The van der Waals surface area contributed by atoms with Crippen LogP contribution in [0.1, 0.15) is 36.1 Å². The third kappa shape index (κ3) is 2.72. The van der Waals surface area contributed by atoms with Crippen LogP contribution in [0.5, 0.6) is 0 Å². The number of aryl methyl sites for hydroxylation is 1. The standard InChI is InChI=1S/C13H16BrN5O/c1-8(2)19-7-10(14)11(17-19)13(20)18(4)12-9(3)15-5-6-16-12/h5-8H,1-4H3. The van der Waals surface area contributed by atoms with Crippen LogP contribution >= 0.6 is 15.9 Å². The van der Waals surface area contributed by atoms with Gasteiger partial charge in [0.25, 0.3) is 5.91 Å². The second-order valence-electron chi connectivity index (χ2n) is 4.73. The van der Waals surface area contributed by atoms with Gasteiger partial charge in [-0.25, -0.2) is 4.98 Å². The average Bonchev–Trinajstić information content (AvgIpc) is 2.80. The molecule has 0 atom stereocenters. The molecule has 1 amide bonds. The van der Waals surface area contributed by atoms with Gasteiger partial charge < -0.3 is 0 Å². The highest BCUT2D eigenvalue weighted by Crippen LogP contribution is 2.21. The Hall–Kier alpha value is -1.76. The number of carbonyl (C=O) groups is 1. The molecule has 0 aliphatic carbocycles. The molecule has 106 valence electrons. The molecule has 0 aliphatic rings. The van der Waals surface area contributed by atoms with E-state index < -0.39 is 0 Å². The number of amides is 1. The van der Waals surface area contributed by atoms with Gasteiger partial charge in [-0.15, -0.1) is 0 Å². The van der Waals surface area contributed by atoms with Crippen LogP contribution < -0.4 is 4.90 Å². The molecular weight excluding hydrogens is 322 g/mol. The first kappa shape index (κ1) is 14.6. The highest BCUT2D eigenvalue weighted by atomic mass is 79.9. The Balaban J connectivity index is 2.34. The minimum atomic E-state index is -0.222. The van der Waals surface area contributed by atoms with Gasteiger partial charge in [0.15, 0.2) is 11.5 Å². The number of halogens is 1. The Bertz CT molecular complexity index is 637. The van der Waals surface area contributed by atoms with Gasteiger partial charge in [0.05, 0.1) is 10.2 Å². The van der Waals surface area contributed by atoms with Gasteiger partial charge in [-0.2, -0.15) is 5.10 Å². The lowest BCUT2D eigenvalue weighted by Gasteiger charge is -2.16. The number of hydrogen-bond donors (Lipinski definition) is 0. The maximum atomic E-state index is 12.5. The number of hydrogen-bond acceptors (Lipinski definition) is 4. The molecule has 2 aromatic heterocycles. The molecule has 6 nitrogen and oxygen atoms in total. The van der Waals surface area contributed by atoms with E-state index in [0.29, 0.717) is 21.7 Å². The summed E-state index contributed by atoms with van der Waals surface area (Å²) in [5.74, 6) is 0.309. The molecule has 0 bridgehead atoms. The van der Waals surface area contributed by atoms with Crippen molar-refractivity contribution >= 4 is 27.7 Å². The molecule has 0 radical (unpaired) electrons. The fourth-order valence-corrected chi connectivity index (χ4v) is 2.22. The van der Waals surface area contributed by atoms with Crippen molar-refractivity contribution in [3.05, 3.63) is 34.5 Å². The van der Waals surface area contributed by atoms with Crippen LogP contribution in [0, 0.1) is 6.92 Å². The lowest BCUT2D eigenvalue weighted by Crippen LogP contribution is -2.29. The molecule has 7 heteroatoms. The fourth-order valence-electron chi connectivity index (χ4n) is 1.76. The molecule has 0 aromatic carbocycles. The molecule has 20 heavy (non-hydrogen) atoms. The van der Waals surface area contributed by atoms with Crippen LogP contribution in [0.2, 0.25) is 0 Å². The second-order valence-corrected chi connectivity index (χ2v) is 5.58. The molecule has 0 fully saturated rings. The van der Waals surface area contributed by atoms with E-state index in [1.54, 1.807) is 30.3 Å². The number of anilines is 1. The Morgan fingerprint density at radius 3 is 2.55 bits per heavy atom. The minimum absolute atomic E-state index is 0.191. The van der Waals surface area contributed by atoms with Gasteiger partial charge in [0, 0.05) is 31.7 Å². The number of carbonyl (C=O) groups excluding carboxylic acids is 1. The van der Waals surface area contributed by atoms with Gasteiger partial charge in [-0.3, -0.25) is 19.4 Å². The first-order valence-corrected chi connectivity index (χ1v) is 7.01. The van der Waals surface area contributed by atoms with Crippen molar-refractivity contribution in [2.75, 3.05) is 11.9 Å². The van der Waals surface area contributed by atoms with Crippen LogP contribution in [0.25, 0.3) is 0 Å². The monoisotopic (exact) mass is 337 g/mol. The van der Waals surface area contributed by atoms with E-state index in [-0.39, 0.29) is 11.9 Å². The van der Waals surface area contributed by atoms with Crippen LogP contribution in [0.4, 0.5) is 5.82 Å². The Kier molecular flexibility index (Phi) is 4.17. The van der Waals surface area contributed by atoms with Crippen molar-refractivity contribution in [1.29, 1.82) is 0 Å². The third-order valence-electron chi connectivity index (χ3n) is 2.90. The van der Waals surface area contributed by atoms with E-state index in [4.69, 9.17) is 0 Å². The van der Waals surface area contributed by atoms with E-state index in [0.717, 1.165) is 0 Å². The minimum Gasteiger partial charge on any atom is -0.293 e. The second kappa shape index (κ2) is 5.70. The van der Waals surface area contributed by atoms with Crippen molar-refractivity contribution in [3.8, 4) is 0 Å². The van der Waals surface area contributed by atoms with Gasteiger partial charge in [0.1, 0.15) is 0 Å². The van der Waals surface area contributed by atoms with E-state index in [9.17, 15) is 4.79 Å². The largest absolute Gasteiger partial charge is 0.293 e. The van der Waals surface area contributed by atoms with Gasteiger partial charge in [0.2, 0.25) is 0 Å². The summed E-state index contributed by atoms with van der Waals surface area (Å²) in [7, 11) is 1.67. The normalized spacial score (nSPS) is 10.9. The van der Waals surface area contributed by atoms with Crippen molar-refractivity contribution in [2.45, 2.75) is 26.8 Å². The predicted octanol–water partition coefficient (Wildman–Crippen LogP) is 2.60. The molecular formula is C13H16BrN5O. The Morgan fingerprint density at radius 2 is 2.00 bits per heavy atom. The van der Waals surface area contributed by atoms with Crippen molar-refractivity contribution < 1.29 is 4.79 Å². The first-order valence-electron chi connectivity index (χ1n) is 6.22. The van der Waals surface area contributed by atoms with E-state index in [2.05, 4.69) is 31.0 Å². The van der Waals surface area contributed by atoms with Crippen LogP contribution in [0.3, 0.4) is 0 Å². The predicted molar refractivity (Wildman–Crippen MR) is 79.8 cm³/mol.